The van der Waals surface area contributed by atoms with E-state index in [4.69, 9.17) is 10.3 Å². The Morgan fingerprint density at radius 3 is 2.33 bits per heavy atom. The average molecular weight is 225 g/mol. The summed E-state index contributed by atoms with van der Waals surface area (Å²) in [6.45, 7) is 0. The minimum absolute atomic E-state index is 0.0670. The van der Waals surface area contributed by atoms with Crippen molar-refractivity contribution in [3.05, 3.63) is 22.6 Å². The van der Waals surface area contributed by atoms with Crippen molar-refractivity contribution in [2.45, 2.75) is 17.7 Å². The molecule has 0 unspecified atom stereocenters. The van der Waals surface area contributed by atoms with Crippen molar-refractivity contribution in [2.24, 2.45) is 0 Å². The molecule has 3 N–H and O–H groups in total. The number of anilines is 1. The van der Waals surface area contributed by atoms with E-state index in [-0.39, 0.29) is 4.90 Å². The lowest BCUT2D eigenvalue weighted by Crippen LogP contribution is -2.34. The summed E-state index contributed by atoms with van der Waals surface area (Å²) in [5.41, 5.74) is 6.26. The minimum Gasteiger partial charge on any atom is -0.398 e. The van der Waals surface area contributed by atoms with Gasteiger partial charge in [-0.05, 0) is 25.0 Å². The number of benzene rings is 1. The second-order valence-electron chi connectivity index (χ2n) is 3.44. The molecular formula is C10H11NO3S. The molecule has 0 amide bonds. The first-order chi connectivity index (χ1) is 7.00. The maximum atomic E-state index is 11.1. The average Bonchev–Trinajstić information content (AvgIpc) is 2.17. The van der Waals surface area contributed by atoms with E-state index >= 15 is 0 Å². The zero-order chi connectivity index (χ0) is 11.1. The first-order valence-electron chi connectivity index (χ1n) is 4.56. The molecule has 0 aromatic heterocycles. The largest absolute Gasteiger partial charge is 0.398 e. The van der Waals surface area contributed by atoms with E-state index in [1.54, 1.807) is 6.08 Å². The highest BCUT2D eigenvalue weighted by Crippen LogP contribution is 2.06. The van der Waals surface area contributed by atoms with E-state index in [1.807, 2.05) is 6.08 Å². The standard InChI is InChI=1S/C10H11NO3S/c11-9-5-6-10(15(12,13)14)8-4-2-1-3-7(8)9/h3-6H,1-2,11H2,(H,12,13,14). The first-order valence-corrected chi connectivity index (χ1v) is 6.00. The first kappa shape index (κ1) is 10.2. The third-order valence-corrected chi connectivity index (χ3v) is 3.33. The molecule has 1 aromatic rings. The highest BCUT2D eigenvalue weighted by molar-refractivity contribution is 7.85. The van der Waals surface area contributed by atoms with Crippen LogP contribution in [0.1, 0.15) is 12.8 Å². The molecule has 0 saturated heterocycles. The molecule has 0 aliphatic heterocycles. The Kier molecular flexibility index (Phi) is 2.28. The van der Waals surface area contributed by atoms with Gasteiger partial charge < -0.3 is 5.73 Å². The summed E-state index contributed by atoms with van der Waals surface area (Å²) >= 11 is 0. The van der Waals surface area contributed by atoms with Gasteiger partial charge in [-0.15, -0.1) is 0 Å². The van der Waals surface area contributed by atoms with Gasteiger partial charge >= 0.3 is 0 Å². The van der Waals surface area contributed by atoms with Gasteiger partial charge in [0.1, 0.15) is 4.90 Å². The van der Waals surface area contributed by atoms with E-state index in [1.165, 1.54) is 12.1 Å². The van der Waals surface area contributed by atoms with Gasteiger partial charge in [0, 0.05) is 16.1 Å². The fourth-order valence-corrected chi connectivity index (χ4v) is 2.46. The monoisotopic (exact) mass is 225 g/mol. The third kappa shape index (κ3) is 1.75. The van der Waals surface area contributed by atoms with E-state index in [2.05, 4.69) is 0 Å². The Hall–Kier alpha value is -1.33. The molecule has 0 atom stereocenters. The van der Waals surface area contributed by atoms with Crippen LogP contribution in [-0.2, 0) is 10.1 Å². The van der Waals surface area contributed by atoms with Crippen molar-refractivity contribution in [3.63, 3.8) is 0 Å². The SMILES string of the molecule is Nc1ccc(S(=O)(=O)O)c2c1=CCCC=2. The lowest BCUT2D eigenvalue weighted by Gasteiger charge is -2.06. The Bertz CT molecular complexity index is 617. The fourth-order valence-electron chi connectivity index (χ4n) is 1.75. The second-order valence-corrected chi connectivity index (χ2v) is 4.83. The van der Waals surface area contributed by atoms with Crippen LogP contribution in [0.5, 0.6) is 0 Å². The Balaban J connectivity index is 2.95. The number of hydrogen-bond acceptors (Lipinski definition) is 3. The van der Waals surface area contributed by atoms with Crippen LogP contribution in [0.3, 0.4) is 0 Å². The zero-order valence-electron chi connectivity index (χ0n) is 7.97. The number of rotatable bonds is 1. The summed E-state index contributed by atoms with van der Waals surface area (Å²) in [6, 6.07) is 2.83. The molecule has 5 heteroatoms. The minimum atomic E-state index is -4.17. The van der Waals surface area contributed by atoms with Gasteiger partial charge in [-0.1, -0.05) is 12.2 Å². The van der Waals surface area contributed by atoms with Gasteiger partial charge in [0.25, 0.3) is 10.1 Å². The molecule has 0 saturated carbocycles. The van der Waals surface area contributed by atoms with Crippen LogP contribution in [0.4, 0.5) is 5.69 Å². The summed E-state index contributed by atoms with van der Waals surface area (Å²) in [5, 5.41) is 1.22. The molecule has 15 heavy (non-hydrogen) atoms. The van der Waals surface area contributed by atoms with Crippen molar-refractivity contribution in [1.29, 1.82) is 0 Å². The van der Waals surface area contributed by atoms with Crippen LogP contribution in [-0.4, -0.2) is 13.0 Å². The Morgan fingerprint density at radius 2 is 1.73 bits per heavy atom. The molecule has 0 fully saturated rings. The van der Waals surface area contributed by atoms with Gasteiger partial charge in [0.2, 0.25) is 0 Å². The molecule has 2 rings (SSSR count). The van der Waals surface area contributed by atoms with Crippen LogP contribution in [0, 0.1) is 0 Å². The predicted octanol–water partition coefficient (Wildman–Crippen LogP) is -0.130. The highest BCUT2D eigenvalue weighted by atomic mass is 32.2. The predicted molar refractivity (Wildman–Crippen MR) is 58.1 cm³/mol. The maximum Gasteiger partial charge on any atom is 0.295 e. The topological polar surface area (TPSA) is 80.4 Å². The Labute approximate surface area is 87.5 Å². The smallest absolute Gasteiger partial charge is 0.295 e. The van der Waals surface area contributed by atoms with Crippen LogP contribution in [0.15, 0.2) is 17.0 Å². The number of nitrogen functional groups attached to an aromatic ring is 1. The van der Waals surface area contributed by atoms with Gasteiger partial charge in [-0.2, -0.15) is 8.42 Å². The van der Waals surface area contributed by atoms with Gasteiger partial charge in [0.05, 0.1) is 0 Å². The van der Waals surface area contributed by atoms with Crippen molar-refractivity contribution in [2.75, 3.05) is 5.73 Å². The van der Waals surface area contributed by atoms with Crippen molar-refractivity contribution < 1.29 is 13.0 Å². The summed E-state index contributed by atoms with van der Waals surface area (Å²) in [5.74, 6) is 0. The van der Waals surface area contributed by atoms with Crippen LogP contribution < -0.4 is 16.2 Å². The third-order valence-electron chi connectivity index (χ3n) is 2.42. The summed E-state index contributed by atoms with van der Waals surface area (Å²) in [4.78, 5) is -0.0670. The van der Waals surface area contributed by atoms with E-state index < -0.39 is 10.1 Å². The van der Waals surface area contributed by atoms with E-state index in [9.17, 15) is 8.42 Å². The number of hydrogen-bond donors (Lipinski definition) is 2. The van der Waals surface area contributed by atoms with E-state index in [0.29, 0.717) is 16.1 Å². The maximum absolute atomic E-state index is 11.1. The Morgan fingerprint density at radius 1 is 1.13 bits per heavy atom. The van der Waals surface area contributed by atoms with Crippen LogP contribution >= 0.6 is 0 Å². The van der Waals surface area contributed by atoms with Gasteiger partial charge in [-0.3, -0.25) is 4.55 Å². The molecule has 0 spiro atoms. The molecule has 1 aromatic carbocycles. The highest BCUT2D eigenvalue weighted by Gasteiger charge is 2.13. The van der Waals surface area contributed by atoms with E-state index in [0.717, 1.165) is 12.8 Å². The number of nitrogens with two attached hydrogens (primary N) is 1. The fraction of sp³-hybridized carbons (Fsp3) is 0.200. The summed E-state index contributed by atoms with van der Waals surface area (Å²) < 4.78 is 31.2. The van der Waals surface area contributed by atoms with Crippen molar-refractivity contribution in [3.8, 4) is 0 Å². The van der Waals surface area contributed by atoms with Crippen molar-refractivity contribution >= 4 is 28.0 Å². The molecule has 0 bridgehead atoms. The summed E-state index contributed by atoms with van der Waals surface area (Å²) in [7, 11) is -4.17. The molecule has 0 heterocycles. The van der Waals surface area contributed by atoms with Gasteiger partial charge in [0.15, 0.2) is 0 Å². The van der Waals surface area contributed by atoms with Gasteiger partial charge in [-0.25, -0.2) is 0 Å². The second kappa shape index (κ2) is 3.36. The lowest BCUT2D eigenvalue weighted by molar-refractivity contribution is 0.482. The normalized spacial score (nSPS) is 15.0. The van der Waals surface area contributed by atoms with Crippen LogP contribution in [0.2, 0.25) is 0 Å². The van der Waals surface area contributed by atoms with Crippen LogP contribution in [0.25, 0.3) is 12.2 Å². The molecule has 4 nitrogen and oxygen atoms in total. The number of fused-ring (bicyclic) bond motifs is 1. The zero-order valence-corrected chi connectivity index (χ0v) is 8.79. The molecule has 80 valence electrons. The van der Waals surface area contributed by atoms with Crippen molar-refractivity contribution in [1.82, 2.24) is 0 Å². The quantitative estimate of drug-likeness (QED) is 0.515. The molecule has 1 aliphatic carbocycles. The lowest BCUT2D eigenvalue weighted by atomic mass is 10.1. The summed E-state index contributed by atoms with van der Waals surface area (Å²) in [6.07, 6.45) is 5.28. The molecule has 1 aliphatic rings. The molecule has 0 radical (unpaired) electrons. The molecular weight excluding hydrogens is 214 g/mol.